The molecule has 0 saturated carbocycles. The van der Waals surface area contributed by atoms with Gasteiger partial charge in [-0.15, -0.1) is 0 Å². The molecule has 2 aromatic heterocycles. The number of fused-ring (bicyclic) bond motifs is 1. The summed E-state index contributed by atoms with van der Waals surface area (Å²) >= 11 is 0. The van der Waals surface area contributed by atoms with E-state index in [2.05, 4.69) is 44.4 Å². The van der Waals surface area contributed by atoms with Crippen molar-refractivity contribution in [1.29, 1.82) is 0 Å². The lowest BCUT2D eigenvalue weighted by atomic mass is 9.84. The van der Waals surface area contributed by atoms with Crippen LogP contribution in [-0.4, -0.2) is 66.6 Å². The average Bonchev–Trinajstić information content (AvgIpc) is 3.15. The minimum atomic E-state index is -1.51. The number of rotatable bonds is 8. The maximum absolute atomic E-state index is 14.5. The van der Waals surface area contributed by atoms with Crippen molar-refractivity contribution in [3.05, 3.63) is 97.6 Å². The van der Waals surface area contributed by atoms with E-state index in [-0.39, 0.29) is 62.0 Å². The number of aliphatic hydroxyl groups excluding tert-OH is 1. The lowest BCUT2D eigenvalue weighted by Crippen LogP contribution is -2.40. The molecular weight excluding hydrogens is 673 g/mol. The molecule has 0 radical (unpaired) electrons. The molecule has 52 heavy (non-hydrogen) atoms. The number of esters is 1. The Morgan fingerprint density at radius 2 is 1.69 bits per heavy atom. The van der Waals surface area contributed by atoms with Crippen LogP contribution in [0.2, 0.25) is 0 Å². The number of aromatic amines is 1. The summed E-state index contributed by atoms with van der Waals surface area (Å²) in [5.74, 6) is -1.80. The van der Waals surface area contributed by atoms with E-state index >= 15 is 0 Å². The van der Waals surface area contributed by atoms with Crippen LogP contribution >= 0.6 is 0 Å². The zero-order valence-electron chi connectivity index (χ0n) is 30.5. The Labute approximate surface area is 302 Å². The number of hydrogen-bond acceptors (Lipinski definition) is 10. The molecule has 0 spiro atoms. The summed E-state index contributed by atoms with van der Waals surface area (Å²) in [4.78, 5) is 53.3. The second kappa shape index (κ2) is 20.1. The topological polar surface area (TPSA) is 195 Å². The number of aryl methyl sites for hydroxylation is 3. The van der Waals surface area contributed by atoms with Crippen molar-refractivity contribution in [3.8, 4) is 11.4 Å². The highest BCUT2D eigenvalue weighted by molar-refractivity contribution is 5.91. The lowest BCUT2D eigenvalue weighted by molar-refractivity contribution is -0.157. The predicted octanol–water partition coefficient (Wildman–Crippen LogP) is 3.70. The maximum Gasteiger partial charge on any atom is 0.340 e. The molecule has 0 bridgehead atoms. The van der Waals surface area contributed by atoms with Crippen LogP contribution in [0.25, 0.3) is 22.3 Å². The largest absolute Gasteiger partial charge is 0.458 e. The van der Waals surface area contributed by atoms with Crippen LogP contribution in [0.5, 0.6) is 0 Å². The minimum Gasteiger partial charge on any atom is -0.458 e. The Bertz CT molecular complexity index is 1920. The van der Waals surface area contributed by atoms with Crippen molar-refractivity contribution < 1.29 is 38.1 Å². The number of hydrogen-bond donors (Lipinski definition) is 5. The molecule has 280 valence electrons. The number of nitrogens with two attached hydrogens (primary N) is 1. The highest BCUT2D eigenvalue weighted by Gasteiger charge is 2.31. The van der Waals surface area contributed by atoms with Gasteiger partial charge in [0.05, 0.1) is 35.6 Å². The first-order chi connectivity index (χ1) is 25.0. The van der Waals surface area contributed by atoms with Gasteiger partial charge in [0.2, 0.25) is 11.8 Å². The van der Waals surface area contributed by atoms with E-state index in [0.717, 1.165) is 41.3 Å². The summed E-state index contributed by atoms with van der Waals surface area (Å²) in [7, 11) is 1.48. The molecule has 6 N–H and O–H groups in total. The Balaban J connectivity index is 0.000000264. The van der Waals surface area contributed by atoms with Gasteiger partial charge in [0.1, 0.15) is 25.9 Å². The second-order valence-corrected chi connectivity index (χ2v) is 11.7. The third kappa shape index (κ3) is 10.5. The van der Waals surface area contributed by atoms with E-state index < -0.39 is 17.6 Å². The number of methoxy groups -OCH3 is 1. The van der Waals surface area contributed by atoms with Gasteiger partial charge in [0.25, 0.3) is 5.56 Å². The summed E-state index contributed by atoms with van der Waals surface area (Å²) in [5.41, 5.74) is 11.5. The highest BCUT2D eigenvalue weighted by atomic mass is 19.1. The molecule has 0 fully saturated rings. The third-order valence-corrected chi connectivity index (χ3v) is 8.27. The summed E-state index contributed by atoms with van der Waals surface area (Å²) in [6.45, 7) is 9.56. The Kier molecular flexibility index (Phi) is 16.0. The molecule has 0 saturated heterocycles. The molecule has 6 rings (SSSR count). The van der Waals surface area contributed by atoms with Gasteiger partial charge in [-0.3, -0.25) is 14.4 Å². The van der Waals surface area contributed by atoms with E-state index in [1.165, 1.54) is 18.7 Å². The minimum absolute atomic E-state index is 0.0468. The number of H-pyrrole nitrogens is 1. The van der Waals surface area contributed by atoms with Crippen LogP contribution in [0.4, 0.5) is 4.39 Å². The lowest BCUT2D eigenvalue weighted by Gasteiger charge is -2.24. The number of cyclic esters (lactones) is 1. The van der Waals surface area contributed by atoms with Crippen LogP contribution in [0, 0.1) is 26.6 Å². The fourth-order valence-corrected chi connectivity index (χ4v) is 5.66. The number of nitrogens with one attached hydrogen (secondary N) is 3. The summed E-state index contributed by atoms with van der Waals surface area (Å²) in [6.07, 6.45) is 1.07. The number of amides is 2. The fourth-order valence-electron chi connectivity index (χ4n) is 5.66. The third-order valence-electron chi connectivity index (χ3n) is 8.27. The molecular formula is C38H48FN5O8. The molecule has 4 aromatic rings. The number of halogens is 1. The van der Waals surface area contributed by atoms with E-state index in [9.17, 15) is 28.7 Å². The van der Waals surface area contributed by atoms with Crippen molar-refractivity contribution in [1.82, 2.24) is 20.6 Å². The number of aliphatic hydroxyl groups is 1. The zero-order valence-corrected chi connectivity index (χ0v) is 30.5. The normalized spacial score (nSPS) is 13.9. The molecule has 1 atom stereocenters. The SMILES string of the molecule is CC.COCOCNC(=O)CNC(=O)CN.Cc1c(F)cc2nc(-c3cc4c(c(=O)[nH]3)COC(=O)C4O)c(C)c3c2c1CCC3.Cc1ccccc1. The van der Waals surface area contributed by atoms with Gasteiger partial charge in [0, 0.05) is 24.1 Å². The van der Waals surface area contributed by atoms with Crippen LogP contribution < -0.4 is 21.9 Å². The summed E-state index contributed by atoms with van der Waals surface area (Å²) in [6, 6.07) is 13.3. The van der Waals surface area contributed by atoms with Gasteiger partial charge in [-0.1, -0.05) is 49.7 Å². The van der Waals surface area contributed by atoms with Gasteiger partial charge in [0.15, 0.2) is 6.10 Å². The first kappa shape index (κ1) is 41.4. The molecule has 2 aliphatic rings. The summed E-state index contributed by atoms with van der Waals surface area (Å²) in [5, 5.41) is 15.9. The molecule has 14 heteroatoms. The fraction of sp³-hybridized carbons (Fsp3) is 0.395. The molecule has 13 nitrogen and oxygen atoms in total. The highest BCUT2D eigenvalue weighted by Crippen LogP contribution is 2.38. The van der Waals surface area contributed by atoms with E-state index in [1.54, 1.807) is 13.0 Å². The second-order valence-electron chi connectivity index (χ2n) is 11.7. The number of carbonyl (C=O) groups is 3. The Morgan fingerprint density at radius 1 is 1.02 bits per heavy atom. The van der Waals surface area contributed by atoms with Crippen molar-refractivity contribution in [2.75, 3.05) is 33.7 Å². The van der Waals surface area contributed by atoms with E-state index in [0.29, 0.717) is 22.5 Å². The van der Waals surface area contributed by atoms with Crippen molar-refractivity contribution in [3.63, 3.8) is 0 Å². The molecule has 1 unspecified atom stereocenters. The molecule has 1 aliphatic heterocycles. The van der Waals surface area contributed by atoms with Gasteiger partial charge in [-0.05, 0) is 68.4 Å². The standard InChI is InChI=1S/C22H19FN2O4.C7H15N3O4.C7H8.C2H6/c1-9-11-4-3-5-12-10(2)19(24-16(18(11)12)7-15(9)23)17-6-13-14(21(27)25-17)8-29-22(28)20(13)26;1-13-5-14-4-10-7(12)3-9-6(11)2-8;1-7-5-3-2-4-6-7;1-2/h6-7,20,26H,3-5,8H2,1-2H3,(H,25,27);2-5,8H2,1H3,(H,9,11)(H,10,12);2-6H,1H3;1-2H3. The van der Waals surface area contributed by atoms with Crippen LogP contribution in [0.1, 0.15) is 65.3 Å². The smallest absolute Gasteiger partial charge is 0.340 e. The van der Waals surface area contributed by atoms with Gasteiger partial charge < -0.3 is 40.7 Å². The van der Waals surface area contributed by atoms with Crippen LogP contribution in [-0.2, 0) is 48.0 Å². The Hall–Kier alpha value is -5.02. The number of ether oxygens (including phenoxy) is 3. The molecule has 2 aromatic carbocycles. The summed E-state index contributed by atoms with van der Waals surface area (Å²) < 4.78 is 28.7. The van der Waals surface area contributed by atoms with Crippen molar-refractivity contribution in [2.24, 2.45) is 5.73 Å². The van der Waals surface area contributed by atoms with Gasteiger partial charge in [-0.25, -0.2) is 14.2 Å². The predicted molar refractivity (Wildman–Crippen MR) is 195 cm³/mol. The maximum atomic E-state index is 14.5. The van der Waals surface area contributed by atoms with Crippen molar-refractivity contribution >= 4 is 28.7 Å². The van der Waals surface area contributed by atoms with Crippen molar-refractivity contribution in [2.45, 2.75) is 66.6 Å². The first-order valence-corrected chi connectivity index (χ1v) is 17.0. The quantitative estimate of drug-likeness (QED) is 0.102. The van der Waals surface area contributed by atoms with E-state index in [1.807, 2.05) is 39.0 Å². The number of pyridine rings is 2. The molecule has 3 heterocycles. The van der Waals surface area contributed by atoms with E-state index in [4.69, 9.17) is 15.2 Å². The number of nitrogens with zero attached hydrogens (tertiary/aromatic N) is 1. The molecule has 1 aliphatic carbocycles. The number of benzene rings is 2. The van der Waals surface area contributed by atoms with Gasteiger partial charge >= 0.3 is 5.97 Å². The van der Waals surface area contributed by atoms with Crippen LogP contribution in [0.15, 0.2) is 47.3 Å². The Morgan fingerprint density at radius 3 is 2.31 bits per heavy atom. The zero-order chi connectivity index (χ0) is 38.4. The van der Waals surface area contributed by atoms with Gasteiger partial charge in [-0.2, -0.15) is 0 Å². The monoisotopic (exact) mass is 721 g/mol. The molecule has 2 amide bonds. The first-order valence-electron chi connectivity index (χ1n) is 17.0. The van der Waals surface area contributed by atoms with Crippen LogP contribution in [0.3, 0.4) is 0 Å². The average molecular weight is 722 g/mol. The number of aromatic nitrogens is 2. The number of carbonyl (C=O) groups excluding carboxylic acids is 3.